The van der Waals surface area contributed by atoms with Crippen LogP contribution in [0, 0.1) is 0 Å². The number of anilines is 1. The molecule has 6 heteroatoms. The molecule has 0 radical (unpaired) electrons. The lowest BCUT2D eigenvalue weighted by Gasteiger charge is -2.07. The van der Waals surface area contributed by atoms with Crippen LogP contribution in [0.3, 0.4) is 0 Å². The lowest BCUT2D eigenvalue weighted by atomic mass is 10.2. The maximum atomic E-state index is 12.1. The monoisotopic (exact) mass is 281 g/mol. The predicted molar refractivity (Wildman–Crippen MR) is 79.5 cm³/mol. The first-order valence-corrected chi connectivity index (χ1v) is 6.72. The molecule has 106 valence electrons. The molecule has 0 bridgehead atoms. The van der Waals surface area contributed by atoms with E-state index in [1.165, 1.54) is 0 Å². The molecular weight excluding hydrogens is 266 g/mol. The summed E-state index contributed by atoms with van der Waals surface area (Å²) in [4.78, 5) is 16.2. The number of rotatable bonds is 4. The van der Waals surface area contributed by atoms with Crippen molar-refractivity contribution in [2.75, 3.05) is 5.32 Å². The predicted octanol–water partition coefficient (Wildman–Crippen LogP) is 2.41. The van der Waals surface area contributed by atoms with Crippen LogP contribution in [0.1, 0.15) is 23.4 Å². The molecule has 0 atom stereocenters. The van der Waals surface area contributed by atoms with Crippen LogP contribution in [-0.2, 0) is 6.42 Å². The summed E-state index contributed by atoms with van der Waals surface area (Å²) < 4.78 is 1.97. The number of H-pyrrole nitrogens is 1. The third kappa shape index (κ3) is 2.84. The van der Waals surface area contributed by atoms with Gasteiger partial charge in [-0.15, -0.1) is 5.10 Å². The van der Waals surface area contributed by atoms with Crippen molar-refractivity contribution in [3.63, 3.8) is 0 Å². The molecule has 1 aromatic carbocycles. The van der Waals surface area contributed by atoms with E-state index < -0.39 is 0 Å². The zero-order valence-corrected chi connectivity index (χ0v) is 11.6. The minimum Gasteiger partial charge on any atom is -0.324 e. The molecule has 0 spiro atoms. The van der Waals surface area contributed by atoms with Gasteiger partial charge in [0.25, 0.3) is 5.91 Å². The van der Waals surface area contributed by atoms with Gasteiger partial charge in [-0.1, -0.05) is 13.0 Å². The average Bonchev–Trinajstić information content (AvgIpc) is 3.19. The Morgan fingerprint density at radius 3 is 2.81 bits per heavy atom. The Hall–Kier alpha value is -2.89. The van der Waals surface area contributed by atoms with Crippen molar-refractivity contribution in [3.05, 3.63) is 60.4 Å². The topological polar surface area (TPSA) is 75.6 Å². The Balaban J connectivity index is 1.78. The van der Waals surface area contributed by atoms with Crippen LogP contribution in [-0.4, -0.2) is 25.7 Å². The average molecular weight is 281 g/mol. The number of aromatic nitrogens is 4. The normalized spacial score (nSPS) is 10.5. The van der Waals surface area contributed by atoms with Gasteiger partial charge in [0.1, 0.15) is 5.82 Å². The van der Waals surface area contributed by atoms with E-state index in [0.29, 0.717) is 17.9 Å². The molecule has 0 saturated carbocycles. The van der Waals surface area contributed by atoms with Crippen molar-refractivity contribution in [1.29, 1.82) is 0 Å². The zero-order valence-electron chi connectivity index (χ0n) is 11.6. The Bertz CT molecular complexity index is 745. The fraction of sp³-hybridized carbons (Fsp3) is 0.133. The lowest BCUT2D eigenvalue weighted by molar-refractivity contribution is 0.101. The summed E-state index contributed by atoms with van der Waals surface area (Å²) >= 11 is 0. The summed E-state index contributed by atoms with van der Waals surface area (Å²) in [6.07, 6.45) is 4.61. The molecule has 0 fully saturated rings. The number of nitrogens with one attached hydrogen (secondary N) is 2. The molecule has 0 unspecified atom stereocenters. The van der Waals surface area contributed by atoms with E-state index in [1.807, 2.05) is 60.3 Å². The van der Waals surface area contributed by atoms with Crippen LogP contribution in [0.15, 0.2) is 48.8 Å². The number of aryl methyl sites for hydroxylation is 1. The summed E-state index contributed by atoms with van der Waals surface area (Å²) in [5.41, 5.74) is 1.68. The molecule has 1 amide bonds. The van der Waals surface area contributed by atoms with E-state index in [9.17, 15) is 4.79 Å². The summed E-state index contributed by atoms with van der Waals surface area (Å²) in [5, 5.41) is 9.43. The second kappa shape index (κ2) is 5.62. The third-order valence-corrected chi connectivity index (χ3v) is 3.08. The third-order valence-electron chi connectivity index (χ3n) is 3.08. The standard InChI is InChI=1S/C15H15N5O/c1-2-13-17-14(19-18-13)15(21)16-11-6-5-7-12(10-11)20-8-3-4-9-20/h3-10H,2H2,1H3,(H,16,21)(H,17,18,19). The highest BCUT2D eigenvalue weighted by molar-refractivity contribution is 6.01. The molecule has 0 aliphatic heterocycles. The van der Waals surface area contributed by atoms with Crippen LogP contribution in [0.4, 0.5) is 5.69 Å². The molecular formula is C15H15N5O. The summed E-state index contributed by atoms with van der Waals surface area (Å²) in [6.45, 7) is 1.95. The van der Waals surface area contributed by atoms with Crippen LogP contribution < -0.4 is 5.32 Å². The van der Waals surface area contributed by atoms with Crippen molar-refractivity contribution in [3.8, 4) is 5.69 Å². The van der Waals surface area contributed by atoms with E-state index in [1.54, 1.807) is 0 Å². The molecule has 0 saturated heterocycles. The van der Waals surface area contributed by atoms with Gasteiger partial charge in [0.05, 0.1) is 0 Å². The summed E-state index contributed by atoms with van der Waals surface area (Å²) in [5.74, 6) is 0.523. The fourth-order valence-electron chi connectivity index (χ4n) is 1.99. The molecule has 6 nitrogen and oxygen atoms in total. The first-order chi connectivity index (χ1) is 10.3. The lowest BCUT2D eigenvalue weighted by Crippen LogP contribution is -2.14. The number of benzene rings is 1. The Morgan fingerprint density at radius 1 is 1.29 bits per heavy atom. The van der Waals surface area contributed by atoms with Crippen LogP contribution in [0.25, 0.3) is 5.69 Å². The van der Waals surface area contributed by atoms with Crippen molar-refractivity contribution in [1.82, 2.24) is 19.7 Å². The first-order valence-electron chi connectivity index (χ1n) is 6.72. The molecule has 2 aromatic heterocycles. The largest absolute Gasteiger partial charge is 0.324 e. The number of aromatic amines is 1. The number of carbonyl (C=O) groups excluding carboxylic acids is 1. The number of hydrogen-bond donors (Lipinski definition) is 2. The Morgan fingerprint density at radius 2 is 2.10 bits per heavy atom. The number of nitrogens with zero attached hydrogens (tertiary/aromatic N) is 3. The highest BCUT2D eigenvalue weighted by Gasteiger charge is 2.12. The minimum absolute atomic E-state index is 0.151. The minimum atomic E-state index is -0.324. The molecule has 2 heterocycles. The van der Waals surface area contributed by atoms with Gasteiger partial charge in [0, 0.05) is 30.2 Å². The first kappa shape index (κ1) is 13.1. The quantitative estimate of drug-likeness (QED) is 0.771. The highest BCUT2D eigenvalue weighted by Crippen LogP contribution is 2.15. The molecule has 3 aromatic rings. The number of amides is 1. The Kier molecular flexibility index (Phi) is 3.51. The van der Waals surface area contributed by atoms with E-state index in [0.717, 1.165) is 5.69 Å². The summed E-state index contributed by atoms with van der Waals surface area (Å²) in [7, 11) is 0. The molecule has 21 heavy (non-hydrogen) atoms. The van der Waals surface area contributed by atoms with Crippen LogP contribution in [0.2, 0.25) is 0 Å². The molecule has 0 aliphatic carbocycles. The smallest absolute Gasteiger partial charge is 0.295 e. The maximum Gasteiger partial charge on any atom is 0.295 e. The number of carbonyl (C=O) groups is 1. The molecule has 2 N–H and O–H groups in total. The number of hydrogen-bond acceptors (Lipinski definition) is 3. The van der Waals surface area contributed by atoms with Gasteiger partial charge in [-0.05, 0) is 30.3 Å². The van der Waals surface area contributed by atoms with E-state index in [4.69, 9.17) is 0 Å². The zero-order chi connectivity index (χ0) is 14.7. The van der Waals surface area contributed by atoms with Gasteiger partial charge in [0.2, 0.25) is 5.82 Å². The fourth-order valence-corrected chi connectivity index (χ4v) is 1.99. The van der Waals surface area contributed by atoms with Crippen molar-refractivity contribution >= 4 is 11.6 Å². The Labute approximate surface area is 121 Å². The van der Waals surface area contributed by atoms with Crippen LogP contribution in [0.5, 0.6) is 0 Å². The summed E-state index contributed by atoms with van der Waals surface area (Å²) in [6, 6.07) is 11.5. The van der Waals surface area contributed by atoms with E-state index in [2.05, 4.69) is 20.5 Å². The van der Waals surface area contributed by atoms with Crippen LogP contribution >= 0.6 is 0 Å². The SMILES string of the molecule is CCc1nc(C(=O)Nc2cccc(-n3cccc3)c2)n[nH]1. The van der Waals surface area contributed by atoms with Crippen molar-refractivity contribution in [2.45, 2.75) is 13.3 Å². The van der Waals surface area contributed by atoms with Gasteiger partial charge >= 0.3 is 0 Å². The van der Waals surface area contributed by atoms with Gasteiger partial charge in [-0.25, -0.2) is 4.98 Å². The van der Waals surface area contributed by atoms with Gasteiger partial charge in [0.15, 0.2) is 0 Å². The van der Waals surface area contributed by atoms with Crippen molar-refractivity contribution < 1.29 is 4.79 Å². The molecule has 3 rings (SSSR count). The van der Waals surface area contributed by atoms with Gasteiger partial charge < -0.3 is 9.88 Å². The molecule has 0 aliphatic rings. The van der Waals surface area contributed by atoms with Gasteiger partial charge in [-0.2, -0.15) is 0 Å². The van der Waals surface area contributed by atoms with Gasteiger partial charge in [-0.3, -0.25) is 9.89 Å². The second-order valence-corrected chi connectivity index (χ2v) is 4.55. The second-order valence-electron chi connectivity index (χ2n) is 4.55. The van der Waals surface area contributed by atoms with Crippen molar-refractivity contribution in [2.24, 2.45) is 0 Å². The van der Waals surface area contributed by atoms with E-state index in [-0.39, 0.29) is 11.7 Å². The van der Waals surface area contributed by atoms with E-state index >= 15 is 0 Å². The maximum absolute atomic E-state index is 12.1. The highest BCUT2D eigenvalue weighted by atomic mass is 16.2.